The van der Waals surface area contributed by atoms with Crippen LogP contribution in [0.2, 0.25) is 0 Å². The van der Waals surface area contributed by atoms with Crippen LogP contribution in [-0.4, -0.2) is 33.7 Å². The molecule has 5 N–H and O–H groups in total. The van der Waals surface area contributed by atoms with Crippen molar-refractivity contribution in [1.29, 1.82) is 5.41 Å². The first-order valence-corrected chi connectivity index (χ1v) is 9.09. The fourth-order valence-electron chi connectivity index (χ4n) is 2.71. The number of carbonyl (C=O) groups is 2. The summed E-state index contributed by atoms with van der Waals surface area (Å²) in [6.07, 6.45) is 4.39. The molecule has 0 bridgehead atoms. The topological polar surface area (TPSA) is 143 Å². The zero-order valence-corrected chi connectivity index (χ0v) is 16.0. The van der Waals surface area contributed by atoms with Crippen LogP contribution in [0.3, 0.4) is 0 Å². The lowest BCUT2D eigenvalue weighted by Gasteiger charge is -2.09. The van der Waals surface area contributed by atoms with Gasteiger partial charge in [0.05, 0.1) is 6.20 Å². The van der Waals surface area contributed by atoms with Crippen LogP contribution in [0.15, 0.2) is 71.9 Å². The number of nitrogens with zero attached hydrogens (tertiary/aromatic N) is 2. The summed E-state index contributed by atoms with van der Waals surface area (Å²) in [5.74, 6) is -0.733. The van der Waals surface area contributed by atoms with Gasteiger partial charge < -0.3 is 16.4 Å². The fraction of sp³-hybridized carbons (Fsp3) is 0.0952. The normalized spacial score (nSPS) is 10.3. The van der Waals surface area contributed by atoms with E-state index in [-0.39, 0.29) is 36.2 Å². The Hall–Kier alpha value is -4.27. The predicted molar refractivity (Wildman–Crippen MR) is 113 cm³/mol. The van der Waals surface area contributed by atoms with Gasteiger partial charge in [0.15, 0.2) is 0 Å². The maximum absolute atomic E-state index is 12.2. The zero-order valence-electron chi connectivity index (χ0n) is 16.0. The van der Waals surface area contributed by atoms with Gasteiger partial charge >= 0.3 is 0 Å². The Kier molecular flexibility index (Phi) is 6.33. The Bertz CT molecular complexity index is 1140. The molecule has 0 aliphatic rings. The maximum Gasteiger partial charge on any atom is 0.273 e. The minimum Gasteiger partial charge on any atom is -0.384 e. The van der Waals surface area contributed by atoms with E-state index in [1.54, 1.807) is 48.7 Å². The number of anilines is 1. The minimum atomic E-state index is -0.349. The number of carbonyl (C=O) groups excluding carboxylic acids is 2. The molecule has 0 aliphatic heterocycles. The van der Waals surface area contributed by atoms with Gasteiger partial charge in [0.1, 0.15) is 5.84 Å². The molecule has 3 rings (SSSR count). The lowest BCUT2D eigenvalue weighted by Crippen LogP contribution is -2.28. The van der Waals surface area contributed by atoms with Gasteiger partial charge in [-0.1, -0.05) is 12.1 Å². The second-order valence-corrected chi connectivity index (χ2v) is 6.38. The molecule has 0 unspecified atom stereocenters. The Morgan fingerprint density at radius 1 is 1.10 bits per heavy atom. The molecular weight excluding hydrogens is 384 g/mol. The van der Waals surface area contributed by atoms with Crippen LogP contribution in [0, 0.1) is 5.41 Å². The summed E-state index contributed by atoms with van der Waals surface area (Å²) in [5, 5.41) is 12.8. The van der Waals surface area contributed by atoms with E-state index in [2.05, 4.69) is 15.6 Å². The zero-order chi connectivity index (χ0) is 21.5. The van der Waals surface area contributed by atoms with Gasteiger partial charge in [-0.3, -0.25) is 29.3 Å². The number of hydrogen-bond donors (Lipinski definition) is 4. The summed E-state index contributed by atoms with van der Waals surface area (Å²) in [6.45, 7) is 0.152. The number of hydrogen-bond acceptors (Lipinski definition) is 5. The van der Waals surface area contributed by atoms with Crippen molar-refractivity contribution in [2.75, 3.05) is 11.9 Å². The standard InChI is InChI=1S/C21H20N6O3/c22-20(23)14-2-1-3-15(12-14)21(30)25-9-8-18(28)26-16-4-6-17(7-5-16)27-11-10-24-13-19(27)29/h1-7,10-13H,8-9H2,(H3,22,23)(H,25,30)(H,26,28). The maximum atomic E-state index is 12.2. The number of amidine groups is 1. The van der Waals surface area contributed by atoms with E-state index >= 15 is 0 Å². The third-order valence-electron chi connectivity index (χ3n) is 4.23. The molecule has 1 aromatic heterocycles. The van der Waals surface area contributed by atoms with Crippen molar-refractivity contribution in [3.63, 3.8) is 0 Å². The van der Waals surface area contributed by atoms with Gasteiger partial charge in [-0.2, -0.15) is 0 Å². The van der Waals surface area contributed by atoms with Crippen LogP contribution in [0.1, 0.15) is 22.3 Å². The largest absolute Gasteiger partial charge is 0.384 e. The molecule has 0 spiro atoms. The van der Waals surface area contributed by atoms with Crippen molar-refractivity contribution in [3.05, 3.63) is 88.6 Å². The second kappa shape index (κ2) is 9.28. The number of nitrogen functional groups attached to an aromatic ring is 1. The van der Waals surface area contributed by atoms with E-state index in [0.29, 0.717) is 22.5 Å². The average molecular weight is 404 g/mol. The van der Waals surface area contributed by atoms with Gasteiger partial charge in [0, 0.05) is 47.9 Å². The van der Waals surface area contributed by atoms with E-state index in [1.807, 2.05) is 0 Å². The smallest absolute Gasteiger partial charge is 0.273 e. The molecule has 9 nitrogen and oxygen atoms in total. The summed E-state index contributed by atoms with van der Waals surface area (Å²) in [5.41, 5.74) is 7.22. The Balaban J connectivity index is 1.51. The SMILES string of the molecule is N=C(N)c1cccc(C(=O)NCCC(=O)Nc2ccc(-n3ccncc3=O)cc2)c1. The third kappa shape index (κ3) is 5.16. The van der Waals surface area contributed by atoms with Crippen LogP contribution >= 0.6 is 0 Å². The quantitative estimate of drug-likeness (QED) is 0.346. The van der Waals surface area contributed by atoms with Gasteiger partial charge in [0.2, 0.25) is 5.91 Å². The van der Waals surface area contributed by atoms with E-state index in [9.17, 15) is 14.4 Å². The average Bonchev–Trinajstić information content (AvgIpc) is 2.75. The van der Waals surface area contributed by atoms with Crippen molar-refractivity contribution >= 4 is 23.3 Å². The van der Waals surface area contributed by atoms with Crippen LogP contribution in [-0.2, 0) is 4.79 Å². The molecule has 30 heavy (non-hydrogen) atoms. The number of rotatable bonds is 7. The number of benzene rings is 2. The highest BCUT2D eigenvalue weighted by Crippen LogP contribution is 2.12. The van der Waals surface area contributed by atoms with Crippen molar-refractivity contribution in [1.82, 2.24) is 14.9 Å². The fourth-order valence-corrected chi connectivity index (χ4v) is 2.71. The third-order valence-corrected chi connectivity index (χ3v) is 4.23. The van der Waals surface area contributed by atoms with E-state index in [0.717, 1.165) is 0 Å². The van der Waals surface area contributed by atoms with Crippen molar-refractivity contribution < 1.29 is 9.59 Å². The molecule has 0 saturated carbocycles. The van der Waals surface area contributed by atoms with Gasteiger partial charge in [-0.25, -0.2) is 0 Å². The van der Waals surface area contributed by atoms with E-state index < -0.39 is 0 Å². The molecule has 2 amide bonds. The summed E-state index contributed by atoms with van der Waals surface area (Å²) < 4.78 is 1.44. The first-order valence-electron chi connectivity index (χ1n) is 9.09. The van der Waals surface area contributed by atoms with Gasteiger partial charge in [-0.15, -0.1) is 0 Å². The van der Waals surface area contributed by atoms with Gasteiger partial charge in [-0.05, 0) is 36.4 Å². The lowest BCUT2D eigenvalue weighted by molar-refractivity contribution is -0.116. The molecule has 1 heterocycles. The molecule has 3 aromatic rings. The predicted octanol–water partition coefficient (Wildman–Crippen LogP) is 1.28. The highest BCUT2D eigenvalue weighted by Gasteiger charge is 2.09. The summed E-state index contributed by atoms with van der Waals surface area (Å²) in [6, 6.07) is 13.2. The summed E-state index contributed by atoms with van der Waals surface area (Å²) in [4.78, 5) is 39.8. The Morgan fingerprint density at radius 2 is 1.83 bits per heavy atom. The lowest BCUT2D eigenvalue weighted by atomic mass is 10.1. The van der Waals surface area contributed by atoms with Crippen molar-refractivity contribution in [2.24, 2.45) is 5.73 Å². The molecule has 0 aliphatic carbocycles. The Morgan fingerprint density at radius 3 is 2.53 bits per heavy atom. The molecule has 0 radical (unpaired) electrons. The number of nitrogens with one attached hydrogen (secondary N) is 3. The molecule has 0 fully saturated rings. The number of aromatic nitrogens is 2. The molecule has 9 heteroatoms. The van der Waals surface area contributed by atoms with Crippen LogP contribution < -0.4 is 21.9 Å². The number of nitrogens with two attached hydrogens (primary N) is 1. The van der Waals surface area contributed by atoms with Gasteiger partial charge in [0.25, 0.3) is 11.5 Å². The van der Waals surface area contributed by atoms with Crippen LogP contribution in [0.25, 0.3) is 5.69 Å². The Labute approximate surface area is 172 Å². The molecule has 0 saturated heterocycles. The van der Waals surface area contributed by atoms with Crippen molar-refractivity contribution in [2.45, 2.75) is 6.42 Å². The second-order valence-electron chi connectivity index (χ2n) is 6.38. The molecule has 0 atom stereocenters. The molecule has 152 valence electrons. The highest BCUT2D eigenvalue weighted by molar-refractivity contribution is 6.00. The van der Waals surface area contributed by atoms with Crippen molar-refractivity contribution in [3.8, 4) is 5.69 Å². The first-order chi connectivity index (χ1) is 14.4. The molecular formula is C21H20N6O3. The first kappa shape index (κ1) is 20.5. The monoisotopic (exact) mass is 404 g/mol. The van der Waals surface area contributed by atoms with E-state index in [4.69, 9.17) is 11.1 Å². The number of amides is 2. The molecule has 2 aromatic carbocycles. The summed E-state index contributed by atoms with van der Waals surface area (Å²) in [7, 11) is 0. The summed E-state index contributed by atoms with van der Waals surface area (Å²) >= 11 is 0. The van der Waals surface area contributed by atoms with E-state index in [1.165, 1.54) is 23.0 Å². The minimum absolute atomic E-state index is 0.0870. The van der Waals surface area contributed by atoms with Crippen LogP contribution in [0.5, 0.6) is 0 Å². The highest BCUT2D eigenvalue weighted by atomic mass is 16.2. The van der Waals surface area contributed by atoms with Crippen LogP contribution in [0.4, 0.5) is 5.69 Å².